The standard InChI is InChI=1S/C28H39BrS3/c1-3-5-7-9-11-13-16-22-23(17-14-12-10-8-6-4-2)28(25-19-20-26(29)31-25)32-27(22)24-18-15-21-30-24/h15,18-21H,3-14,16-17H2,1-2H3. The highest BCUT2D eigenvalue weighted by molar-refractivity contribution is 9.11. The van der Waals surface area contributed by atoms with Crippen molar-refractivity contribution in [1.82, 2.24) is 0 Å². The van der Waals surface area contributed by atoms with E-state index in [0.29, 0.717) is 0 Å². The zero-order chi connectivity index (χ0) is 22.6. The van der Waals surface area contributed by atoms with Gasteiger partial charge in [-0.05, 0) is 76.3 Å². The Labute approximate surface area is 216 Å². The molecule has 0 nitrogen and oxygen atoms in total. The number of hydrogen-bond donors (Lipinski definition) is 0. The zero-order valence-corrected chi connectivity index (χ0v) is 23.9. The summed E-state index contributed by atoms with van der Waals surface area (Å²) in [6.07, 6.45) is 18.9. The van der Waals surface area contributed by atoms with E-state index >= 15 is 0 Å². The van der Waals surface area contributed by atoms with E-state index in [1.165, 1.54) is 103 Å². The summed E-state index contributed by atoms with van der Waals surface area (Å²) in [7, 11) is 0. The molecule has 0 unspecified atom stereocenters. The van der Waals surface area contributed by atoms with Crippen LogP contribution in [-0.2, 0) is 12.8 Å². The molecule has 0 spiro atoms. The quantitative estimate of drug-likeness (QED) is 0.155. The molecule has 3 aromatic heterocycles. The van der Waals surface area contributed by atoms with E-state index in [4.69, 9.17) is 0 Å². The SMILES string of the molecule is CCCCCCCCc1c(-c2cccs2)sc(-c2ccc(Br)s2)c1CCCCCCCC. The fraction of sp³-hybridized carbons (Fsp3) is 0.571. The third-order valence-corrected chi connectivity index (χ3v) is 10.3. The van der Waals surface area contributed by atoms with Gasteiger partial charge in [0.15, 0.2) is 0 Å². The molecular formula is C28H39BrS3. The first-order valence-corrected chi connectivity index (χ1v) is 16.0. The number of unbranched alkanes of at least 4 members (excludes halogenated alkanes) is 10. The summed E-state index contributed by atoms with van der Waals surface area (Å²) in [5, 5.41) is 2.23. The highest BCUT2D eigenvalue weighted by Crippen LogP contribution is 2.47. The van der Waals surface area contributed by atoms with Crippen LogP contribution in [0.1, 0.15) is 102 Å². The molecule has 3 aromatic rings. The predicted molar refractivity (Wildman–Crippen MR) is 153 cm³/mol. The average Bonchev–Trinajstić information content (AvgIpc) is 3.53. The smallest absolute Gasteiger partial charge is 0.0705 e. The van der Waals surface area contributed by atoms with Crippen LogP contribution in [-0.4, -0.2) is 0 Å². The molecule has 4 heteroatoms. The lowest BCUT2D eigenvalue weighted by Gasteiger charge is -2.09. The van der Waals surface area contributed by atoms with Gasteiger partial charge in [0.05, 0.1) is 3.79 Å². The van der Waals surface area contributed by atoms with E-state index in [0.717, 1.165) is 0 Å². The van der Waals surface area contributed by atoms with Crippen LogP contribution in [0.2, 0.25) is 0 Å². The minimum Gasteiger partial charge on any atom is -0.143 e. The number of thiophene rings is 3. The van der Waals surface area contributed by atoms with Crippen LogP contribution in [0.3, 0.4) is 0 Å². The van der Waals surface area contributed by atoms with Gasteiger partial charge in [-0.2, -0.15) is 0 Å². The van der Waals surface area contributed by atoms with Crippen molar-refractivity contribution in [2.45, 2.75) is 104 Å². The fourth-order valence-corrected chi connectivity index (χ4v) is 8.24. The molecule has 3 rings (SSSR count). The fourth-order valence-electron chi connectivity index (χ4n) is 4.43. The van der Waals surface area contributed by atoms with Gasteiger partial charge in [-0.15, -0.1) is 34.0 Å². The molecule has 0 amide bonds. The lowest BCUT2D eigenvalue weighted by molar-refractivity contribution is 0.600. The Morgan fingerprint density at radius 2 is 1.19 bits per heavy atom. The zero-order valence-electron chi connectivity index (χ0n) is 19.9. The van der Waals surface area contributed by atoms with Crippen molar-refractivity contribution in [1.29, 1.82) is 0 Å². The molecule has 0 bridgehead atoms. The van der Waals surface area contributed by atoms with Crippen LogP contribution >= 0.6 is 49.9 Å². The van der Waals surface area contributed by atoms with Gasteiger partial charge in [0.1, 0.15) is 0 Å². The van der Waals surface area contributed by atoms with Crippen LogP contribution < -0.4 is 0 Å². The van der Waals surface area contributed by atoms with Gasteiger partial charge < -0.3 is 0 Å². The van der Waals surface area contributed by atoms with Crippen molar-refractivity contribution in [2.24, 2.45) is 0 Å². The maximum absolute atomic E-state index is 3.70. The molecule has 0 aliphatic rings. The number of halogens is 1. The molecule has 176 valence electrons. The van der Waals surface area contributed by atoms with Crippen LogP contribution in [0.25, 0.3) is 19.5 Å². The number of hydrogen-bond acceptors (Lipinski definition) is 3. The van der Waals surface area contributed by atoms with E-state index in [9.17, 15) is 0 Å². The van der Waals surface area contributed by atoms with Gasteiger partial charge >= 0.3 is 0 Å². The van der Waals surface area contributed by atoms with Crippen LogP contribution in [0.5, 0.6) is 0 Å². The van der Waals surface area contributed by atoms with E-state index < -0.39 is 0 Å². The monoisotopic (exact) mass is 550 g/mol. The summed E-state index contributed by atoms with van der Waals surface area (Å²) in [6, 6.07) is 9.07. The molecule has 0 radical (unpaired) electrons. The summed E-state index contributed by atoms with van der Waals surface area (Å²) in [5.74, 6) is 0. The maximum Gasteiger partial charge on any atom is 0.0705 e. The second kappa shape index (κ2) is 14.8. The van der Waals surface area contributed by atoms with Crippen molar-refractivity contribution in [3.05, 3.63) is 44.6 Å². The molecule has 3 heterocycles. The van der Waals surface area contributed by atoms with Crippen LogP contribution in [0.4, 0.5) is 0 Å². The summed E-state index contributed by atoms with van der Waals surface area (Å²) in [6.45, 7) is 4.61. The third kappa shape index (κ3) is 7.82. The highest BCUT2D eigenvalue weighted by Gasteiger charge is 2.21. The first kappa shape index (κ1) is 26.2. The molecule has 0 fully saturated rings. The largest absolute Gasteiger partial charge is 0.143 e. The lowest BCUT2D eigenvalue weighted by Crippen LogP contribution is -1.95. The predicted octanol–water partition coefficient (Wildman–Crippen LogP) is 11.8. The highest BCUT2D eigenvalue weighted by atomic mass is 79.9. The molecule has 0 atom stereocenters. The minimum absolute atomic E-state index is 1.24. The van der Waals surface area contributed by atoms with Gasteiger partial charge in [-0.25, -0.2) is 0 Å². The third-order valence-electron chi connectivity index (χ3n) is 6.22. The normalized spacial score (nSPS) is 11.5. The Morgan fingerprint density at radius 3 is 1.69 bits per heavy atom. The topological polar surface area (TPSA) is 0 Å². The first-order chi connectivity index (χ1) is 15.7. The minimum atomic E-state index is 1.24. The van der Waals surface area contributed by atoms with Crippen molar-refractivity contribution >= 4 is 49.9 Å². The second-order valence-electron chi connectivity index (χ2n) is 8.83. The molecule has 0 N–H and O–H groups in total. The van der Waals surface area contributed by atoms with Gasteiger partial charge in [-0.1, -0.05) is 84.1 Å². The van der Waals surface area contributed by atoms with Gasteiger partial charge in [-0.3, -0.25) is 0 Å². The Hall–Kier alpha value is -0.420. The van der Waals surface area contributed by atoms with Crippen LogP contribution in [0.15, 0.2) is 33.4 Å². The van der Waals surface area contributed by atoms with E-state index in [2.05, 4.69) is 70.8 Å². The van der Waals surface area contributed by atoms with E-state index in [1.807, 2.05) is 22.7 Å². The molecule has 0 aliphatic heterocycles. The first-order valence-electron chi connectivity index (χ1n) is 12.7. The Kier molecular flexibility index (Phi) is 12.1. The second-order valence-corrected chi connectivity index (χ2v) is 13.3. The Morgan fingerprint density at radius 1 is 0.625 bits per heavy atom. The average molecular weight is 552 g/mol. The molecule has 0 saturated carbocycles. The van der Waals surface area contributed by atoms with Gasteiger partial charge in [0, 0.05) is 19.5 Å². The summed E-state index contributed by atoms with van der Waals surface area (Å²) in [5.41, 5.74) is 3.33. The van der Waals surface area contributed by atoms with E-state index in [-0.39, 0.29) is 0 Å². The van der Waals surface area contributed by atoms with Crippen molar-refractivity contribution in [2.75, 3.05) is 0 Å². The van der Waals surface area contributed by atoms with E-state index in [1.54, 1.807) is 20.9 Å². The number of rotatable bonds is 16. The molecule has 0 saturated heterocycles. The summed E-state index contributed by atoms with van der Waals surface area (Å²) in [4.78, 5) is 5.99. The van der Waals surface area contributed by atoms with Crippen LogP contribution in [0, 0.1) is 0 Å². The molecule has 0 aliphatic carbocycles. The Bertz CT molecular complexity index is 888. The van der Waals surface area contributed by atoms with Crippen molar-refractivity contribution in [3.63, 3.8) is 0 Å². The summed E-state index contributed by atoms with van der Waals surface area (Å²) >= 11 is 9.55. The Balaban J connectivity index is 1.81. The van der Waals surface area contributed by atoms with Crippen molar-refractivity contribution < 1.29 is 0 Å². The molecule has 0 aromatic carbocycles. The van der Waals surface area contributed by atoms with Crippen molar-refractivity contribution in [3.8, 4) is 19.5 Å². The van der Waals surface area contributed by atoms with Gasteiger partial charge in [0.2, 0.25) is 0 Å². The molecule has 32 heavy (non-hydrogen) atoms. The summed E-state index contributed by atoms with van der Waals surface area (Å²) < 4.78 is 1.24. The maximum atomic E-state index is 3.70. The van der Waals surface area contributed by atoms with Gasteiger partial charge in [0.25, 0.3) is 0 Å². The molecular weight excluding hydrogens is 512 g/mol. The lowest BCUT2D eigenvalue weighted by atomic mass is 9.95.